The van der Waals surface area contributed by atoms with Gasteiger partial charge in [0.25, 0.3) is 0 Å². The molecule has 0 aromatic carbocycles. The highest BCUT2D eigenvalue weighted by Gasteiger charge is 2.34. The van der Waals surface area contributed by atoms with Crippen molar-refractivity contribution in [2.24, 2.45) is 5.41 Å². The normalized spacial score (nSPS) is 28.5. The first-order valence-corrected chi connectivity index (χ1v) is 6.10. The highest BCUT2D eigenvalue weighted by atomic mass is 16.2. The van der Waals surface area contributed by atoms with Crippen LogP contribution in [0.4, 0.5) is 0 Å². The third-order valence-electron chi connectivity index (χ3n) is 3.24. The van der Waals surface area contributed by atoms with Crippen molar-refractivity contribution in [2.75, 3.05) is 13.1 Å². The number of carbonyl (C=O) groups is 1. The Balaban J connectivity index is 2.44. The van der Waals surface area contributed by atoms with Gasteiger partial charge in [0, 0.05) is 12.6 Å². The number of hydrogen-bond donors (Lipinski definition) is 2. The molecule has 0 aliphatic carbocycles. The molecular weight excluding hydrogens is 188 g/mol. The largest absolute Gasteiger partial charge is 0.353 e. The summed E-state index contributed by atoms with van der Waals surface area (Å²) in [5, 5.41) is 6.41. The number of carbonyl (C=O) groups excluding carboxylic acids is 1. The summed E-state index contributed by atoms with van der Waals surface area (Å²) < 4.78 is 0. The molecule has 1 aliphatic rings. The molecule has 0 radical (unpaired) electrons. The van der Waals surface area contributed by atoms with E-state index in [-0.39, 0.29) is 11.3 Å². The van der Waals surface area contributed by atoms with E-state index < -0.39 is 0 Å². The molecule has 3 nitrogen and oxygen atoms in total. The Bertz CT molecular complexity index is 210. The highest BCUT2D eigenvalue weighted by molar-refractivity contribution is 5.82. The van der Waals surface area contributed by atoms with E-state index in [1.165, 1.54) is 0 Å². The van der Waals surface area contributed by atoms with Crippen LogP contribution >= 0.6 is 0 Å². The molecule has 1 saturated heterocycles. The molecule has 1 aliphatic heterocycles. The van der Waals surface area contributed by atoms with E-state index >= 15 is 0 Å². The fraction of sp³-hybridized carbons (Fsp3) is 0.917. The van der Waals surface area contributed by atoms with Crippen molar-refractivity contribution >= 4 is 5.91 Å². The summed E-state index contributed by atoms with van der Waals surface area (Å²) in [6.07, 6.45) is 4.29. The molecule has 0 saturated carbocycles. The summed E-state index contributed by atoms with van der Waals surface area (Å²) in [7, 11) is 0. The molecule has 3 heteroatoms. The maximum atomic E-state index is 12.1. The van der Waals surface area contributed by atoms with Crippen LogP contribution in [-0.4, -0.2) is 25.0 Å². The molecule has 1 amide bonds. The van der Waals surface area contributed by atoms with Gasteiger partial charge in [0.2, 0.25) is 5.91 Å². The minimum Gasteiger partial charge on any atom is -0.353 e. The van der Waals surface area contributed by atoms with Gasteiger partial charge in [-0.1, -0.05) is 13.3 Å². The summed E-state index contributed by atoms with van der Waals surface area (Å²) in [4.78, 5) is 12.1. The minimum atomic E-state index is -0.194. The zero-order chi connectivity index (χ0) is 11.3. The van der Waals surface area contributed by atoms with Gasteiger partial charge in [-0.3, -0.25) is 4.79 Å². The van der Waals surface area contributed by atoms with Crippen molar-refractivity contribution in [2.45, 2.75) is 52.5 Å². The third kappa shape index (κ3) is 3.49. The van der Waals surface area contributed by atoms with Crippen molar-refractivity contribution in [1.82, 2.24) is 10.6 Å². The predicted octanol–water partition coefficient (Wildman–Crippen LogP) is 1.68. The lowest BCUT2D eigenvalue weighted by Gasteiger charge is -2.33. The van der Waals surface area contributed by atoms with Crippen LogP contribution in [0.15, 0.2) is 0 Å². The monoisotopic (exact) mass is 212 g/mol. The van der Waals surface area contributed by atoms with Gasteiger partial charge < -0.3 is 10.6 Å². The molecule has 0 aromatic heterocycles. The molecule has 2 atom stereocenters. The molecule has 0 aromatic rings. The van der Waals surface area contributed by atoms with Crippen LogP contribution < -0.4 is 10.6 Å². The zero-order valence-electron chi connectivity index (χ0n) is 10.2. The third-order valence-corrected chi connectivity index (χ3v) is 3.24. The van der Waals surface area contributed by atoms with Crippen LogP contribution in [-0.2, 0) is 4.79 Å². The van der Waals surface area contributed by atoms with E-state index in [0.717, 1.165) is 38.8 Å². The topological polar surface area (TPSA) is 41.1 Å². The first-order chi connectivity index (χ1) is 7.08. The second kappa shape index (κ2) is 5.50. The van der Waals surface area contributed by atoms with Gasteiger partial charge in [-0.15, -0.1) is 0 Å². The Morgan fingerprint density at radius 3 is 2.87 bits per heavy atom. The Hall–Kier alpha value is -0.570. The lowest BCUT2D eigenvalue weighted by atomic mass is 9.81. The SMILES string of the molecule is CCCC(C)NC(=O)C1(C)CCCNC1. The smallest absolute Gasteiger partial charge is 0.227 e. The van der Waals surface area contributed by atoms with Crippen LogP contribution in [0.3, 0.4) is 0 Å². The first kappa shape index (κ1) is 12.5. The van der Waals surface area contributed by atoms with E-state index in [9.17, 15) is 4.79 Å². The van der Waals surface area contributed by atoms with E-state index in [1.807, 2.05) is 0 Å². The van der Waals surface area contributed by atoms with Gasteiger partial charge >= 0.3 is 0 Å². The number of nitrogens with one attached hydrogen (secondary N) is 2. The Morgan fingerprint density at radius 1 is 1.60 bits per heavy atom. The van der Waals surface area contributed by atoms with Crippen LogP contribution in [0, 0.1) is 5.41 Å². The van der Waals surface area contributed by atoms with Crippen molar-refractivity contribution in [3.05, 3.63) is 0 Å². The van der Waals surface area contributed by atoms with Gasteiger partial charge in [-0.25, -0.2) is 0 Å². The average molecular weight is 212 g/mol. The van der Waals surface area contributed by atoms with Crippen LogP contribution in [0.25, 0.3) is 0 Å². The summed E-state index contributed by atoms with van der Waals surface area (Å²) in [5.41, 5.74) is -0.194. The van der Waals surface area contributed by atoms with Crippen LogP contribution in [0.5, 0.6) is 0 Å². The van der Waals surface area contributed by atoms with Gasteiger partial charge in [0.1, 0.15) is 0 Å². The first-order valence-electron chi connectivity index (χ1n) is 6.10. The van der Waals surface area contributed by atoms with Gasteiger partial charge in [0.15, 0.2) is 0 Å². The minimum absolute atomic E-state index is 0.194. The molecule has 1 rings (SSSR count). The number of hydrogen-bond acceptors (Lipinski definition) is 2. The van der Waals surface area contributed by atoms with E-state index in [1.54, 1.807) is 0 Å². The molecule has 2 N–H and O–H groups in total. The standard InChI is InChI=1S/C12H24N2O/c1-4-6-10(2)14-11(15)12(3)7-5-8-13-9-12/h10,13H,4-9H2,1-3H3,(H,14,15). The molecule has 0 bridgehead atoms. The highest BCUT2D eigenvalue weighted by Crippen LogP contribution is 2.25. The van der Waals surface area contributed by atoms with Gasteiger partial charge in [0.05, 0.1) is 5.41 Å². The maximum Gasteiger partial charge on any atom is 0.227 e. The Labute approximate surface area is 93.0 Å². The lowest BCUT2D eigenvalue weighted by molar-refractivity contribution is -0.131. The predicted molar refractivity (Wildman–Crippen MR) is 62.7 cm³/mol. The summed E-state index contributed by atoms with van der Waals surface area (Å²) in [5.74, 6) is 0.218. The maximum absolute atomic E-state index is 12.1. The molecular formula is C12H24N2O. The molecule has 1 fully saturated rings. The van der Waals surface area contributed by atoms with Crippen molar-refractivity contribution < 1.29 is 4.79 Å². The van der Waals surface area contributed by atoms with Crippen molar-refractivity contribution in [3.8, 4) is 0 Å². The fourth-order valence-corrected chi connectivity index (χ4v) is 2.15. The second-order valence-corrected chi connectivity index (χ2v) is 5.00. The second-order valence-electron chi connectivity index (χ2n) is 5.00. The summed E-state index contributed by atoms with van der Waals surface area (Å²) in [6, 6.07) is 0.307. The Morgan fingerprint density at radius 2 is 2.33 bits per heavy atom. The van der Waals surface area contributed by atoms with Gasteiger partial charge in [-0.2, -0.15) is 0 Å². The average Bonchev–Trinajstić information content (AvgIpc) is 2.19. The zero-order valence-corrected chi connectivity index (χ0v) is 10.2. The number of amides is 1. The van der Waals surface area contributed by atoms with E-state index in [0.29, 0.717) is 6.04 Å². The van der Waals surface area contributed by atoms with Crippen molar-refractivity contribution in [3.63, 3.8) is 0 Å². The van der Waals surface area contributed by atoms with E-state index in [4.69, 9.17) is 0 Å². The van der Waals surface area contributed by atoms with E-state index in [2.05, 4.69) is 31.4 Å². The molecule has 0 spiro atoms. The molecule has 2 unspecified atom stereocenters. The number of rotatable bonds is 4. The molecule has 1 heterocycles. The molecule has 15 heavy (non-hydrogen) atoms. The summed E-state index contributed by atoms with van der Waals surface area (Å²) in [6.45, 7) is 8.16. The van der Waals surface area contributed by atoms with Crippen molar-refractivity contribution in [1.29, 1.82) is 0 Å². The van der Waals surface area contributed by atoms with Crippen LogP contribution in [0.2, 0.25) is 0 Å². The van der Waals surface area contributed by atoms with Gasteiger partial charge in [-0.05, 0) is 39.7 Å². The fourth-order valence-electron chi connectivity index (χ4n) is 2.15. The lowest BCUT2D eigenvalue weighted by Crippen LogP contribution is -2.50. The number of piperidine rings is 1. The quantitative estimate of drug-likeness (QED) is 0.744. The molecule has 88 valence electrons. The van der Waals surface area contributed by atoms with Crippen LogP contribution in [0.1, 0.15) is 46.5 Å². The Kier molecular flexibility index (Phi) is 4.58. The summed E-state index contributed by atoms with van der Waals surface area (Å²) >= 11 is 0.